The van der Waals surface area contributed by atoms with E-state index in [1.165, 1.54) is 39.4 Å². The van der Waals surface area contributed by atoms with E-state index in [4.69, 9.17) is 14.0 Å². The van der Waals surface area contributed by atoms with Crippen LogP contribution < -0.4 is 14.8 Å². The van der Waals surface area contributed by atoms with Gasteiger partial charge in [0.15, 0.2) is 0 Å². The van der Waals surface area contributed by atoms with Gasteiger partial charge in [-0.15, -0.1) is 0 Å². The van der Waals surface area contributed by atoms with Gasteiger partial charge in [-0.2, -0.15) is 0 Å². The van der Waals surface area contributed by atoms with Gasteiger partial charge in [0.25, 0.3) is 0 Å². The minimum Gasteiger partial charge on any atom is -0.495 e. The number of aromatic nitrogens is 1. The number of nitrogens with zero attached hydrogens (tertiary/aromatic N) is 2. The molecule has 2 aromatic carbocycles. The molecule has 0 radical (unpaired) electrons. The second kappa shape index (κ2) is 10.1. The number of carbonyl (C=O) groups excluding carboxylic acids is 1. The molecule has 0 aliphatic carbocycles. The highest BCUT2D eigenvalue weighted by Gasteiger charge is 2.20. The first kappa shape index (κ1) is 24.3. The van der Waals surface area contributed by atoms with E-state index in [0.717, 1.165) is 26.9 Å². The lowest BCUT2D eigenvalue weighted by Gasteiger charge is -2.15. The van der Waals surface area contributed by atoms with Crippen LogP contribution in [-0.4, -0.2) is 45.0 Å². The van der Waals surface area contributed by atoms with Gasteiger partial charge in [0.1, 0.15) is 23.9 Å². The number of hydrogen-bond acceptors (Lipinski definition) is 7. The molecule has 1 amide bonds. The molecule has 0 aliphatic rings. The monoisotopic (exact) mass is 473 g/mol. The maximum atomic E-state index is 12.6. The Labute approximate surface area is 193 Å². The molecule has 1 N–H and O–H groups in total. The zero-order valence-electron chi connectivity index (χ0n) is 19.2. The Balaban J connectivity index is 1.66. The van der Waals surface area contributed by atoms with Crippen LogP contribution in [0.1, 0.15) is 22.6 Å². The topological polar surface area (TPSA) is 111 Å². The predicted octanol–water partition coefficient (Wildman–Crippen LogP) is 3.31. The van der Waals surface area contributed by atoms with E-state index >= 15 is 0 Å². The average Bonchev–Trinajstić information content (AvgIpc) is 3.10. The van der Waals surface area contributed by atoms with Crippen molar-refractivity contribution in [1.82, 2.24) is 9.46 Å². The van der Waals surface area contributed by atoms with Gasteiger partial charge in [0.2, 0.25) is 15.9 Å². The van der Waals surface area contributed by atoms with E-state index in [0.29, 0.717) is 18.1 Å². The number of sulfonamides is 1. The molecule has 3 rings (SSSR count). The molecule has 1 aromatic heterocycles. The SMILES string of the molecule is COc1ccc(S(=O)(=O)N(C)C)cc1NC(=O)Cc1ccc(OCc2c(C)noc2C)cc1. The molecule has 0 fully saturated rings. The number of methoxy groups -OCH3 is 1. The van der Waals surface area contributed by atoms with Crippen LogP contribution in [-0.2, 0) is 27.8 Å². The fraction of sp³-hybridized carbons (Fsp3) is 0.304. The van der Waals surface area contributed by atoms with Crippen molar-refractivity contribution < 1.29 is 27.2 Å². The van der Waals surface area contributed by atoms with Gasteiger partial charge in [-0.25, -0.2) is 12.7 Å². The fourth-order valence-electron chi connectivity index (χ4n) is 3.10. The number of benzene rings is 2. The van der Waals surface area contributed by atoms with Crippen LogP contribution in [0, 0.1) is 13.8 Å². The third-order valence-corrected chi connectivity index (χ3v) is 6.89. The Hall–Kier alpha value is -3.37. The summed E-state index contributed by atoms with van der Waals surface area (Å²) in [4.78, 5) is 12.7. The number of rotatable bonds is 9. The summed E-state index contributed by atoms with van der Waals surface area (Å²) in [6, 6.07) is 11.5. The van der Waals surface area contributed by atoms with E-state index in [1.807, 2.05) is 13.8 Å². The number of hydrogen-bond donors (Lipinski definition) is 1. The average molecular weight is 474 g/mol. The first-order chi connectivity index (χ1) is 15.6. The molecule has 0 saturated heterocycles. The summed E-state index contributed by atoms with van der Waals surface area (Å²) in [7, 11) is 0.691. The first-order valence-electron chi connectivity index (χ1n) is 10.2. The highest BCUT2D eigenvalue weighted by Crippen LogP contribution is 2.28. The minimum absolute atomic E-state index is 0.0587. The van der Waals surface area contributed by atoms with Crippen molar-refractivity contribution in [2.24, 2.45) is 0 Å². The lowest BCUT2D eigenvalue weighted by atomic mass is 10.1. The minimum atomic E-state index is -3.65. The molecule has 0 saturated carbocycles. The van der Waals surface area contributed by atoms with Gasteiger partial charge < -0.3 is 19.3 Å². The number of nitrogens with one attached hydrogen (secondary N) is 1. The summed E-state index contributed by atoms with van der Waals surface area (Å²) < 4.78 is 42.1. The maximum Gasteiger partial charge on any atom is 0.242 e. The molecule has 3 aromatic rings. The standard InChI is InChI=1S/C23H27N3O6S/c1-15-20(16(2)32-25-15)14-31-18-8-6-17(7-9-18)12-23(27)24-21-13-19(10-11-22(21)30-5)33(28,29)26(3)4/h6-11,13H,12,14H2,1-5H3,(H,24,27). The molecule has 1 heterocycles. The summed E-state index contributed by atoms with van der Waals surface area (Å²) in [6.07, 6.45) is 0.0952. The molecule has 0 unspecified atom stereocenters. The lowest BCUT2D eigenvalue weighted by molar-refractivity contribution is -0.115. The Morgan fingerprint density at radius 1 is 1.12 bits per heavy atom. The smallest absolute Gasteiger partial charge is 0.242 e. The molecular formula is C23H27N3O6S. The van der Waals surface area contributed by atoms with Gasteiger partial charge in [0, 0.05) is 14.1 Å². The van der Waals surface area contributed by atoms with Crippen LogP contribution in [0.4, 0.5) is 5.69 Å². The van der Waals surface area contributed by atoms with Crippen LogP contribution in [0.5, 0.6) is 11.5 Å². The first-order valence-corrected chi connectivity index (χ1v) is 11.6. The van der Waals surface area contributed by atoms with Crippen LogP contribution in [0.3, 0.4) is 0 Å². The normalized spacial score (nSPS) is 11.5. The molecule has 10 heteroatoms. The molecule has 0 aliphatic heterocycles. The molecule has 0 bridgehead atoms. The quantitative estimate of drug-likeness (QED) is 0.507. The summed E-state index contributed by atoms with van der Waals surface area (Å²) >= 11 is 0. The van der Waals surface area contributed by atoms with Crippen molar-refractivity contribution in [3.63, 3.8) is 0 Å². The zero-order valence-corrected chi connectivity index (χ0v) is 20.0. The van der Waals surface area contributed by atoms with Crippen molar-refractivity contribution in [3.05, 3.63) is 65.0 Å². The molecule has 0 spiro atoms. The molecule has 176 valence electrons. The van der Waals surface area contributed by atoms with Crippen LogP contribution in [0.2, 0.25) is 0 Å². The fourth-order valence-corrected chi connectivity index (χ4v) is 4.03. The maximum absolute atomic E-state index is 12.6. The number of carbonyl (C=O) groups is 1. The second-order valence-corrected chi connectivity index (χ2v) is 9.76. The van der Waals surface area contributed by atoms with Crippen LogP contribution in [0.15, 0.2) is 51.9 Å². The van der Waals surface area contributed by atoms with Crippen molar-refractivity contribution in [3.8, 4) is 11.5 Å². The third-order valence-electron chi connectivity index (χ3n) is 5.08. The van der Waals surface area contributed by atoms with Gasteiger partial charge in [-0.1, -0.05) is 17.3 Å². The highest BCUT2D eigenvalue weighted by molar-refractivity contribution is 7.89. The van der Waals surface area contributed by atoms with Crippen molar-refractivity contribution in [2.45, 2.75) is 31.8 Å². The molecule has 33 heavy (non-hydrogen) atoms. The number of ether oxygens (including phenoxy) is 2. The van der Waals surface area contributed by atoms with Crippen molar-refractivity contribution in [1.29, 1.82) is 0 Å². The Morgan fingerprint density at radius 2 is 1.82 bits per heavy atom. The lowest BCUT2D eigenvalue weighted by Crippen LogP contribution is -2.22. The van der Waals surface area contributed by atoms with E-state index in [-0.39, 0.29) is 22.9 Å². The van der Waals surface area contributed by atoms with Crippen molar-refractivity contribution in [2.75, 3.05) is 26.5 Å². The molecule has 9 nitrogen and oxygen atoms in total. The predicted molar refractivity (Wildman–Crippen MR) is 123 cm³/mol. The Bertz CT molecular complexity index is 1210. The van der Waals surface area contributed by atoms with Gasteiger partial charge >= 0.3 is 0 Å². The Morgan fingerprint density at radius 3 is 2.39 bits per heavy atom. The summed E-state index contributed by atoms with van der Waals surface area (Å²) in [5.41, 5.74) is 2.75. The Kier molecular flexibility index (Phi) is 7.39. The van der Waals surface area contributed by atoms with Crippen LogP contribution >= 0.6 is 0 Å². The van der Waals surface area contributed by atoms with E-state index in [2.05, 4.69) is 10.5 Å². The number of amides is 1. The van der Waals surface area contributed by atoms with E-state index in [9.17, 15) is 13.2 Å². The van der Waals surface area contributed by atoms with E-state index < -0.39 is 10.0 Å². The van der Waals surface area contributed by atoms with Gasteiger partial charge in [-0.3, -0.25) is 4.79 Å². The summed E-state index contributed by atoms with van der Waals surface area (Å²) in [6.45, 7) is 4.03. The summed E-state index contributed by atoms with van der Waals surface area (Å²) in [5.74, 6) is 1.43. The number of aryl methyl sites for hydroxylation is 2. The largest absolute Gasteiger partial charge is 0.495 e. The third kappa shape index (κ3) is 5.71. The number of anilines is 1. The molecular weight excluding hydrogens is 446 g/mol. The van der Waals surface area contributed by atoms with Gasteiger partial charge in [0.05, 0.1) is 35.4 Å². The highest BCUT2D eigenvalue weighted by atomic mass is 32.2. The summed E-state index contributed by atoms with van der Waals surface area (Å²) in [5, 5.41) is 6.64. The van der Waals surface area contributed by atoms with Crippen molar-refractivity contribution >= 4 is 21.6 Å². The van der Waals surface area contributed by atoms with E-state index in [1.54, 1.807) is 24.3 Å². The van der Waals surface area contributed by atoms with Crippen LogP contribution in [0.25, 0.3) is 0 Å². The second-order valence-electron chi connectivity index (χ2n) is 7.61. The zero-order chi connectivity index (χ0) is 24.2. The van der Waals surface area contributed by atoms with Gasteiger partial charge in [-0.05, 0) is 49.7 Å². The molecule has 0 atom stereocenters.